The maximum Gasteiger partial charge on any atom is 0.230 e. The zero-order valence-electron chi connectivity index (χ0n) is 14.8. The Balaban J connectivity index is 1.39. The lowest BCUT2D eigenvalue weighted by Crippen LogP contribution is -2.37. The van der Waals surface area contributed by atoms with E-state index < -0.39 is 0 Å². The second-order valence-corrected chi connectivity index (χ2v) is 7.29. The SMILES string of the molecule is CCCN1CCC2(CCN(Cc3ccc(-n4cncn4)cc3)C2)C1=O. The van der Waals surface area contributed by atoms with E-state index in [4.69, 9.17) is 0 Å². The molecule has 4 rings (SSSR count). The molecule has 2 aromatic rings. The van der Waals surface area contributed by atoms with Gasteiger partial charge in [0.05, 0.1) is 11.1 Å². The number of aromatic nitrogens is 3. The van der Waals surface area contributed by atoms with E-state index in [1.54, 1.807) is 11.0 Å². The van der Waals surface area contributed by atoms with E-state index in [9.17, 15) is 4.79 Å². The molecule has 1 atom stereocenters. The van der Waals surface area contributed by atoms with Crippen molar-refractivity contribution in [2.24, 2.45) is 5.41 Å². The molecule has 3 heterocycles. The Kier molecular flexibility index (Phi) is 4.29. The van der Waals surface area contributed by atoms with Crippen LogP contribution >= 0.6 is 0 Å². The van der Waals surface area contributed by atoms with Crippen molar-refractivity contribution in [2.45, 2.75) is 32.7 Å². The van der Waals surface area contributed by atoms with Gasteiger partial charge >= 0.3 is 0 Å². The molecule has 0 radical (unpaired) electrons. The molecule has 1 unspecified atom stereocenters. The van der Waals surface area contributed by atoms with Crippen molar-refractivity contribution in [2.75, 3.05) is 26.2 Å². The van der Waals surface area contributed by atoms with Gasteiger partial charge in [-0.1, -0.05) is 19.1 Å². The molecule has 1 amide bonds. The number of carbonyl (C=O) groups excluding carboxylic acids is 1. The largest absolute Gasteiger partial charge is 0.342 e. The van der Waals surface area contributed by atoms with Crippen molar-refractivity contribution in [3.05, 3.63) is 42.5 Å². The number of amides is 1. The quantitative estimate of drug-likeness (QED) is 0.837. The van der Waals surface area contributed by atoms with Crippen LogP contribution in [0.25, 0.3) is 5.69 Å². The minimum absolute atomic E-state index is 0.115. The number of likely N-dealkylation sites (tertiary alicyclic amines) is 2. The summed E-state index contributed by atoms with van der Waals surface area (Å²) in [6.45, 7) is 6.80. The average molecular weight is 339 g/mol. The number of hydrogen-bond donors (Lipinski definition) is 0. The van der Waals surface area contributed by atoms with E-state index in [-0.39, 0.29) is 5.41 Å². The maximum absolute atomic E-state index is 12.8. The fraction of sp³-hybridized carbons (Fsp3) is 0.526. The van der Waals surface area contributed by atoms with E-state index in [1.807, 2.05) is 0 Å². The summed E-state index contributed by atoms with van der Waals surface area (Å²) in [5, 5.41) is 4.15. The van der Waals surface area contributed by atoms with Crippen LogP contribution in [0.2, 0.25) is 0 Å². The van der Waals surface area contributed by atoms with Crippen LogP contribution in [0.1, 0.15) is 31.7 Å². The summed E-state index contributed by atoms with van der Waals surface area (Å²) in [5.74, 6) is 0.387. The average Bonchev–Trinajstić information content (AvgIpc) is 3.35. The molecule has 132 valence electrons. The molecular formula is C19H25N5O. The molecular weight excluding hydrogens is 314 g/mol. The summed E-state index contributed by atoms with van der Waals surface area (Å²) >= 11 is 0. The molecule has 1 aromatic heterocycles. The molecule has 0 aliphatic carbocycles. The van der Waals surface area contributed by atoms with Crippen LogP contribution in [0, 0.1) is 5.41 Å². The van der Waals surface area contributed by atoms with Gasteiger partial charge < -0.3 is 4.90 Å². The standard InChI is InChI=1S/C19H25N5O/c1-2-9-23-11-8-19(18(23)25)7-10-22(13-19)12-16-3-5-17(6-4-16)24-15-20-14-21-24/h3-6,14-15H,2,7-13H2,1H3. The van der Waals surface area contributed by atoms with Crippen LogP contribution in [-0.4, -0.2) is 56.7 Å². The molecule has 25 heavy (non-hydrogen) atoms. The van der Waals surface area contributed by atoms with Crippen LogP contribution in [0.5, 0.6) is 0 Å². The first-order valence-corrected chi connectivity index (χ1v) is 9.16. The Morgan fingerprint density at radius 2 is 1.96 bits per heavy atom. The molecule has 1 spiro atoms. The maximum atomic E-state index is 12.8. The number of rotatable bonds is 5. The van der Waals surface area contributed by atoms with Crippen molar-refractivity contribution < 1.29 is 4.79 Å². The highest BCUT2D eigenvalue weighted by atomic mass is 16.2. The van der Waals surface area contributed by atoms with E-state index in [1.165, 1.54) is 11.9 Å². The molecule has 2 aliphatic rings. The molecule has 6 nitrogen and oxygen atoms in total. The van der Waals surface area contributed by atoms with E-state index in [0.29, 0.717) is 5.91 Å². The van der Waals surface area contributed by atoms with Gasteiger partial charge in [0.2, 0.25) is 5.91 Å². The Labute approximate surface area is 148 Å². The van der Waals surface area contributed by atoms with Crippen LogP contribution in [-0.2, 0) is 11.3 Å². The van der Waals surface area contributed by atoms with Gasteiger partial charge in [0.15, 0.2) is 0 Å². The smallest absolute Gasteiger partial charge is 0.230 e. The molecule has 0 N–H and O–H groups in total. The Bertz CT molecular complexity index is 727. The van der Waals surface area contributed by atoms with Gasteiger partial charge in [0.1, 0.15) is 12.7 Å². The van der Waals surface area contributed by atoms with Gasteiger partial charge in [0, 0.05) is 26.2 Å². The molecule has 2 aliphatic heterocycles. The zero-order chi connectivity index (χ0) is 17.3. The van der Waals surface area contributed by atoms with Crippen molar-refractivity contribution >= 4 is 5.91 Å². The van der Waals surface area contributed by atoms with E-state index in [0.717, 1.165) is 57.7 Å². The molecule has 0 bridgehead atoms. The lowest BCUT2D eigenvalue weighted by Gasteiger charge is -2.23. The first-order valence-electron chi connectivity index (χ1n) is 9.16. The predicted octanol–water partition coefficient (Wildman–Crippen LogP) is 2.10. The minimum atomic E-state index is -0.115. The second kappa shape index (κ2) is 6.59. The summed E-state index contributed by atoms with van der Waals surface area (Å²) < 4.78 is 1.76. The summed E-state index contributed by atoms with van der Waals surface area (Å²) in [7, 11) is 0. The highest BCUT2D eigenvalue weighted by Crippen LogP contribution is 2.41. The first kappa shape index (κ1) is 16.3. The fourth-order valence-electron chi connectivity index (χ4n) is 4.20. The number of carbonyl (C=O) groups is 1. The third-order valence-corrected chi connectivity index (χ3v) is 5.55. The highest BCUT2D eigenvalue weighted by Gasteiger charge is 2.50. The summed E-state index contributed by atoms with van der Waals surface area (Å²) in [4.78, 5) is 21.3. The van der Waals surface area contributed by atoms with Gasteiger partial charge in [0.25, 0.3) is 0 Å². The third-order valence-electron chi connectivity index (χ3n) is 5.55. The monoisotopic (exact) mass is 339 g/mol. The van der Waals surface area contributed by atoms with Gasteiger partial charge in [-0.3, -0.25) is 9.69 Å². The minimum Gasteiger partial charge on any atom is -0.342 e. The van der Waals surface area contributed by atoms with Crippen molar-refractivity contribution in [3.8, 4) is 5.69 Å². The summed E-state index contributed by atoms with van der Waals surface area (Å²) in [5.41, 5.74) is 2.17. The van der Waals surface area contributed by atoms with Crippen LogP contribution in [0.4, 0.5) is 0 Å². The van der Waals surface area contributed by atoms with Crippen LogP contribution in [0.3, 0.4) is 0 Å². The molecule has 0 saturated carbocycles. The highest BCUT2D eigenvalue weighted by molar-refractivity contribution is 5.85. The Morgan fingerprint density at radius 1 is 1.16 bits per heavy atom. The summed E-state index contributed by atoms with van der Waals surface area (Å²) in [6, 6.07) is 8.42. The van der Waals surface area contributed by atoms with Crippen LogP contribution < -0.4 is 0 Å². The van der Waals surface area contributed by atoms with Crippen LogP contribution in [0.15, 0.2) is 36.9 Å². The first-order chi connectivity index (χ1) is 12.2. The predicted molar refractivity (Wildman–Crippen MR) is 95.2 cm³/mol. The number of hydrogen-bond acceptors (Lipinski definition) is 4. The van der Waals surface area contributed by atoms with Gasteiger partial charge in [-0.2, -0.15) is 5.10 Å². The van der Waals surface area contributed by atoms with Crippen molar-refractivity contribution in [1.82, 2.24) is 24.6 Å². The van der Waals surface area contributed by atoms with Gasteiger partial charge in [-0.15, -0.1) is 0 Å². The van der Waals surface area contributed by atoms with Crippen molar-refractivity contribution in [1.29, 1.82) is 0 Å². The van der Waals surface area contributed by atoms with Crippen molar-refractivity contribution in [3.63, 3.8) is 0 Å². The van der Waals surface area contributed by atoms with Gasteiger partial charge in [-0.05, 0) is 43.5 Å². The third kappa shape index (κ3) is 3.06. The fourth-order valence-corrected chi connectivity index (χ4v) is 4.20. The zero-order valence-corrected chi connectivity index (χ0v) is 14.8. The summed E-state index contributed by atoms with van der Waals surface area (Å²) in [6.07, 6.45) is 6.31. The topological polar surface area (TPSA) is 54.3 Å². The lowest BCUT2D eigenvalue weighted by molar-refractivity contribution is -0.135. The molecule has 2 saturated heterocycles. The van der Waals surface area contributed by atoms with E-state index in [2.05, 4.69) is 51.1 Å². The second-order valence-electron chi connectivity index (χ2n) is 7.29. The number of benzene rings is 1. The molecule has 6 heteroatoms. The Morgan fingerprint density at radius 3 is 2.68 bits per heavy atom. The lowest BCUT2D eigenvalue weighted by atomic mass is 9.85. The van der Waals surface area contributed by atoms with Gasteiger partial charge in [-0.25, -0.2) is 9.67 Å². The van der Waals surface area contributed by atoms with E-state index >= 15 is 0 Å². The normalized spacial score (nSPS) is 23.9. The molecule has 2 fully saturated rings. The molecule has 1 aromatic carbocycles. The number of nitrogens with zero attached hydrogens (tertiary/aromatic N) is 5. The Hall–Kier alpha value is -2.21.